The average molecular weight is 284 g/mol. The molecule has 0 radical (unpaired) electrons. The van der Waals surface area contributed by atoms with Gasteiger partial charge in [0, 0.05) is 17.7 Å². The van der Waals surface area contributed by atoms with E-state index in [1.165, 1.54) is 12.1 Å². The normalized spacial score (nSPS) is 10.3. The van der Waals surface area contributed by atoms with Crippen molar-refractivity contribution in [3.63, 3.8) is 0 Å². The molecule has 0 unspecified atom stereocenters. The van der Waals surface area contributed by atoms with Gasteiger partial charge in [-0.2, -0.15) is 0 Å². The summed E-state index contributed by atoms with van der Waals surface area (Å²) in [7, 11) is 0. The van der Waals surface area contributed by atoms with E-state index >= 15 is 0 Å². The van der Waals surface area contributed by atoms with Crippen LogP contribution in [-0.4, -0.2) is 10.1 Å². The van der Waals surface area contributed by atoms with E-state index in [2.05, 4.69) is 21.1 Å². The van der Waals surface area contributed by atoms with E-state index in [0.29, 0.717) is 15.7 Å². The Hall–Kier alpha value is -1.89. The van der Waals surface area contributed by atoms with E-state index < -0.39 is 4.92 Å². The molecule has 0 bridgehead atoms. The molecule has 0 aliphatic heterocycles. The first kappa shape index (κ1) is 10.6. The summed E-state index contributed by atoms with van der Waals surface area (Å²) in [6.45, 7) is 0. The molecule has 0 aliphatic rings. The van der Waals surface area contributed by atoms with Crippen molar-refractivity contribution in [2.75, 3.05) is 5.73 Å². The van der Waals surface area contributed by atoms with E-state index in [4.69, 9.17) is 10.3 Å². The molecule has 16 heavy (non-hydrogen) atoms. The van der Waals surface area contributed by atoms with Crippen molar-refractivity contribution in [2.45, 2.75) is 0 Å². The maximum absolute atomic E-state index is 10.7. The quantitative estimate of drug-likeness (QED) is 0.675. The standard InChI is InChI=1S/C9H6BrN3O3/c10-9-5(6-4-8(11)16-12-6)2-1-3-7(9)13(14)15/h1-4H,11H2. The fourth-order valence-electron chi connectivity index (χ4n) is 1.27. The number of nitro benzene ring substituents is 1. The Morgan fingerprint density at radius 1 is 1.50 bits per heavy atom. The largest absolute Gasteiger partial charge is 0.368 e. The van der Waals surface area contributed by atoms with Crippen LogP contribution in [0.15, 0.2) is 33.3 Å². The van der Waals surface area contributed by atoms with Gasteiger partial charge in [-0.15, -0.1) is 0 Å². The number of aromatic nitrogens is 1. The van der Waals surface area contributed by atoms with Crippen LogP contribution in [0.5, 0.6) is 0 Å². The summed E-state index contributed by atoms with van der Waals surface area (Å²) in [6.07, 6.45) is 0. The Kier molecular flexibility index (Phi) is 2.61. The third-order valence-corrected chi connectivity index (χ3v) is 2.81. The molecule has 1 aromatic heterocycles. The van der Waals surface area contributed by atoms with Crippen LogP contribution in [0.25, 0.3) is 11.3 Å². The average Bonchev–Trinajstić information content (AvgIpc) is 2.64. The summed E-state index contributed by atoms with van der Waals surface area (Å²) in [4.78, 5) is 10.2. The van der Waals surface area contributed by atoms with Gasteiger partial charge < -0.3 is 10.3 Å². The van der Waals surface area contributed by atoms with E-state index in [1.807, 2.05) is 0 Å². The zero-order valence-electron chi connectivity index (χ0n) is 7.88. The van der Waals surface area contributed by atoms with Crippen molar-refractivity contribution >= 4 is 27.5 Å². The minimum absolute atomic E-state index is 0.0286. The molecular formula is C9H6BrN3O3. The van der Waals surface area contributed by atoms with Crippen molar-refractivity contribution in [2.24, 2.45) is 0 Å². The zero-order valence-corrected chi connectivity index (χ0v) is 9.47. The van der Waals surface area contributed by atoms with Crippen LogP contribution in [-0.2, 0) is 0 Å². The number of rotatable bonds is 2. The highest BCUT2D eigenvalue weighted by atomic mass is 79.9. The van der Waals surface area contributed by atoms with E-state index in [1.54, 1.807) is 12.1 Å². The lowest BCUT2D eigenvalue weighted by Gasteiger charge is -2.00. The fourth-order valence-corrected chi connectivity index (χ4v) is 1.89. The van der Waals surface area contributed by atoms with Crippen LogP contribution in [0.2, 0.25) is 0 Å². The summed E-state index contributed by atoms with van der Waals surface area (Å²) in [5, 5.41) is 14.4. The summed E-state index contributed by atoms with van der Waals surface area (Å²) in [5.74, 6) is 0.161. The number of nitrogens with zero attached hydrogens (tertiary/aromatic N) is 2. The van der Waals surface area contributed by atoms with Crippen molar-refractivity contribution in [1.29, 1.82) is 0 Å². The number of halogens is 1. The molecule has 0 saturated carbocycles. The molecule has 6 nitrogen and oxygen atoms in total. The van der Waals surface area contributed by atoms with Crippen molar-refractivity contribution in [3.05, 3.63) is 38.9 Å². The Morgan fingerprint density at radius 3 is 2.81 bits per heavy atom. The van der Waals surface area contributed by atoms with Gasteiger partial charge in [-0.05, 0) is 15.9 Å². The van der Waals surface area contributed by atoms with Gasteiger partial charge in [-0.25, -0.2) is 0 Å². The molecule has 1 aromatic carbocycles. The van der Waals surface area contributed by atoms with Crippen molar-refractivity contribution in [3.8, 4) is 11.3 Å². The van der Waals surface area contributed by atoms with E-state index in [9.17, 15) is 10.1 Å². The Bertz CT molecular complexity index is 553. The first-order chi connectivity index (χ1) is 7.59. The summed E-state index contributed by atoms with van der Waals surface area (Å²) < 4.78 is 5.07. The molecule has 0 aliphatic carbocycles. The number of benzene rings is 1. The van der Waals surface area contributed by atoms with Crippen LogP contribution >= 0.6 is 15.9 Å². The van der Waals surface area contributed by atoms with Crippen LogP contribution < -0.4 is 5.73 Å². The van der Waals surface area contributed by atoms with Gasteiger partial charge >= 0.3 is 0 Å². The maximum Gasteiger partial charge on any atom is 0.284 e. The van der Waals surface area contributed by atoms with Gasteiger partial charge in [-0.3, -0.25) is 10.1 Å². The Labute approximate surface area is 98.3 Å². The molecule has 2 rings (SSSR count). The minimum Gasteiger partial charge on any atom is -0.368 e. The number of hydrogen-bond donors (Lipinski definition) is 1. The lowest BCUT2D eigenvalue weighted by molar-refractivity contribution is -0.385. The zero-order chi connectivity index (χ0) is 11.7. The Morgan fingerprint density at radius 2 is 2.25 bits per heavy atom. The molecule has 0 amide bonds. The van der Waals surface area contributed by atoms with Gasteiger partial charge in [0.15, 0.2) is 0 Å². The van der Waals surface area contributed by atoms with Crippen molar-refractivity contribution < 1.29 is 9.45 Å². The third-order valence-electron chi connectivity index (χ3n) is 1.98. The number of anilines is 1. The lowest BCUT2D eigenvalue weighted by atomic mass is 10.1. The number of nitro groups is 1. The molecule has 82 valence electrons. The topological polar surface area (TPSA) is 95.2 Å². The maximum atomic E-state index is 10.7. The van der Waals surface area contributed by atoms with Crippen LogP contribution in [0, 0.1) is 10.1 Å². The predicted octanol–water partition coefficient (Wildman–Crippen LogP) is 2.59. The van der Waals surface area contributed by atoms with E-state index in [0.717, 1.165) is 0 Å². The number of nitrogens with two attached hydrogens (primary N) is 1. The fraction of sp³-hybridized carbons (Fsp3) is 0. The second-order valence-electron chi connectivity index (χ2n) is 3.01. The molecule has 0 spiro atoms. The van der Waals surface area contributed by atoms with Gasteiger partial charge in [0.25, 0.3) is 5.69 Å². The molecule has 7 heteroatoms. The number of nitrogen functional groups attached to an aromatic ring is 1. The first-order valence-corrected chi connectivity index (χ1v) is 5.04. The second kappa shape index (κ2) is 3.93. The van der Waals surface area contributed by atoms with Crippen LogP contribution in [0.4, 0.5) is 11.6 Å². The molecule has 1 heterocycles. The van der Waals surface area contributed by atoms with Gasteiger partial charge in [0.05, 0.1) is 4.92 Å². The predicted molar refractivity (Wildman–Crippen MR) is 60.7 cm³/mol. The van der Waals surface area contributed by atoms with Gasteiger partial charge in [-0.1, -0.05) is 17.3 Å². The Balaban J connectivity index is 2.58. The first-order valence-electron chi connectivity index (χ1n) is 4.25. The summed E-state index contributed by atoms with van der Waals surface area (Å²) >= 11 is 3.16. The van der Waals surface area contributed by atoms with Crippen molar-refractivity contribution in [1.82, 2.24) is 5.16 Å². The molecule has 2 aromatic rings. The highest BCUT2D eigenvalue weighted by Gasteiger charge is 2.17. The highest BCUT2D eigenvalue weighted by molar-refractivity contribution is 9.10. The van der Waals surface area contributed by atoms with Gasteiger partial charge in [0.2, 0.25) is 5.88 Å². The van der Waals surface area contributed by atoms with Crippen LogP contribution in [0.3, 0.4) is 0 Å². The highest BCUT2D eigenvalue weighted by Crippen LogP contribution is 2.35. The molecule has 0 fully saturated rings. The molecule has 0 atom stereocenters. The molecule has 0 saturated heterocycles. The summed E-state index contributed by atoms with van der Waals surface area (Å²) in [6, 6.07) is 6.16. The van der Waals surface area contributed by atoms with Crippen LogP contribution in [0.1, 0.15) is 0 Å². The SMILES string of the molecule is Nc1cc(-c2cccc([N+](=O)[O-])c2Br)no1. The van der Waals surface area contributed by atoms with E-state index in [-0.39, 0.29) is 11.6 Å². The monoisotopic (exact) mass is 283 g/mol. The smallest absolute Gasteiger partial charge is 0.284 e. The minimum atomic E-state index is -0.475. The number of hydrogen-bond acceptors (Lipinski definition) is 5. The second-order valence-corrected chi connectivity index (χ2v) is 3.80. The van der Waals surface area contributed by atoms with Gasteiger partial charge in [0.1, 0.15) is 10.2 Å². The third kappa shape index (κ3) is 1.76. The molecular weight excluding hydrogens is 278 g/mol. The summed E-state index contributed by atoms with van der Waals surface area (Å²) in [5.41, 5.74) is 6.37. The lowest BCUT2D eigenvalue weighted by Crippen LogP contribution is -1.91. The molecule has 2 N–H and O–H groups in total.